The third-order valence-electron chi connectivity index (χ3n) is 4.24. The minimum Gasteiger partial charge on any atom is -0.464 e. The Bertz CT molecular complexity index is 1090. The molecule has 1 aliphatic heterocycles. The van der Waals surface area contributed by atoms with E-state index >= 15 is 0 Å². The number of anilines is 1. The molecule has 1 aromatic carbocycles. The van der Waals surface area contributed by atoms with E-state index in [2.05, 4.69) is 19.4 Å². The van der Waals surface area contributed by atoms with E-state index in [4.69, 9.17) is 4.42 Å². The normalized spacial score (nSPS) is 16.0. The van der Waals surface area contributed by atoms with Crippen molar-refractivity contribution < 1.29 is 17.6 Å². The molecule has 1 aromatic heterocycles. The molecule has 9 nitrogen and oxygen atoms in total. The first kappa shape index (κ1) is 20.6. The molecular weight excluding hydrogens is 394 g/mol. The van der Waals surface area contributed by atoms with Crippen molar-refractivity contribution in [2.45, 2.75) is 26.3 Å². The quantitative estimate of drug-likeness (QED) is 0.772. The lowest BCUT2D eigenvalue weighted by atomic mass is 10.1. The van der Waals surface area contributed by atoms with E-state index < -0.39 is 10.2 Å². The van der Waals surface area contributed by atoms with Gasteiger partial charge in [0.25, 0.3) is 5.91 Å². The van der Waals surface area contributed by atoms with Crippen molar-refractivity contribution in [3.8, 4) is 0 Å². The summed E-state index contributed by atoms with van der Waals surface area (Å²) in [6.07, 6.45) is 0.645. The third-order valence-corrected chi connectivity index (χ3v) is 5.07. The van der Waals surface area contributed by atoms with Crippen LogP contribution in [-0.2, 0) is 10.2 Å². The van der Waals surface area contributed by atoms with E-state index in [0.717, 1.165) is 5.76 Å². The molecule has 3 rings (SSSR count). The van der Waals surface area contributed by atoms with Crippen LogP contribution in [0.25, 0.3) is 0 Å². The van der Waals surface area contributed by atoms with E-state index in [1.165, 1.54) is 4.90 Å². The first-order chi connectivity index (χ1) is 13.7. The Morgan fingerprint density at radius 2 is 1.90 bits per heavy atom. The topological polar surface area (TPSA) is 116 Å². The molecule has 1 aliphatic rings. The molecule has 154 valence electrons. The van der Waals surface area contributed by atoms with Gasteiger partial charge in [-0.2, -0.15) is 8.42 Å². The molecule has 0 aliphatic carbocycles. The second-order valence-electron chi connectivity index (χ2n) is 6.79. The smallest absolute Gasteiger partial charge is 0.367 e. The average Bonchev–Trinajstić information content (AvgIpc) is 3.21. The maximum atomic E-state index is 12.2. The Hall–Kier alpha value is -3.14. The second kappa shape index (κ2) is 8.08. The highest BCUT2D eigenvalue weighted by molar-refractivity contribution is 7.89. The summed E-state index contributed by atoms with van der Waals surface area (Å²) in [7, 11) is -0.673. The molecular formula is C19H23N5O4S. The van der Waals surface area contributed by atoms with Crippen LogP contribution in [0.1, 0.15) is 41.3 Å². The Balaban J connectivity index is 1.84. The van der Waals surface area contributed by atoms with Crippen LogP contribution in [0.2, 0.25) is 0 Å². The molecule has 1 atom stereocenters. The molecule has 0 fully saturated rings. The highest BCUT2D eigenvalue weighted by atomic mass is 32.2. The number of carbonyl (C=O) groups excluding carboxylic acids is 1. The number of nitrogens with zero attached hydrogens (tertiary/aromatic N) is 3. The Kier molecular flexibility index (Phi) is 5.73. The molecule has 0 unspecified atom stereocenters. The van der Waals surface area contributed by atoms with Crippen LogP contribution in [0, 0.1) is 6.92 Å². The van der Waals surface area contributed by atoms with Crippen molar-refractivity contribution in [3.05, 3.63) is 53.5 Å². The molecule has 10 heteroatoms. The highest BCUT2D eigenvalue weighted by Crippen LogP contribution is 2.21. The summed E-state index contributed by atoms with van der Waals surface area (Å²) < 4.78 is 37.0. The van der Waals surface area contributed by atoms with E-state index in [1.54, 1.807) is 38.4 Å². The van der Waals surface area contributed by atoms with E-state index in [0.29, 0.717) is 23.4 Å². The Morgan fingerprint density at radius 1 is 1.17 bits per heavy atom. The zero-order valence-corrected chi connectivity index (χ0v) is 17.4. The zero-order valence-electron chi connectivity index (χ0n) is 16.6. The fraction of sp³-hybridized carbons (Fsp3) is 0.316. The van der Waals surface area contributed by atoms with Crippen LogP contribution >= 0.6 is 0 Å². The predicted molar refractivity (Wildman–Crippen MR) is 111 cm³/mol. The number of rotatable bonds is 5. The summed E-state index contributed by atoms with van der Waals surface area (Å²) in [4.78, 5) is 13.6. The largest absolute Gasteiger partial charge is 0.464 e. The third kappa shape index (κ3) is 4.83. The summed E-state index contributed by atoms with van der Waals surface area (Å²) in [5.74, 6) is 1.42. The lowest BCUT2D eigenvalue weighted by Crippen LogP contribution is -2.36. The average molecular weight is 417 g/mol. The lowest BCUT2D eigenvalue weighted by Gasteiger charge is -2.17. The first-order valence-electron chi connectivity index (χ1n) is 9.05. The molecule has 0 spiro atoms. The standard InChI is InChI=1S/C19H23N5O4S/c1-5-15(16-10-9-12(2)28-16)21-18-17(22-29(26,27)23-18)20-14-8-6-7-13(11-14)19(25)24(3)4/h6-11,15H,5H2,1-4H3,(H,20,22)(H,21,23)/t15-/m1/s1. The first-order valence-corrected chi connectivity index (χ1v) is 10.4. The van der Waals surface area contributed by atoms with Gasteiger partial charge < -0.3 is 20.0 Å². The second-order valence-corrected chi connectivity index (χ2v) is 8.05. The minimum atomic E-state index is -3.99. The molecule has 2 heterocycles. The Morgan fingerprint density at radius 3 is 2.52 bits per heavy atom. The van der Waals surface area contributed by atoms with Crippen molar-refractivity contribution in [3.63, 3.8) is 0 Å². The van der Waals surface area contributed by atoms with Gasteiger partial charge in [0.2, 0.25) is 0 Å². The summed E-state index contributed by atoms with van der Waals surface area (Å²) in [6.45, 7) is 3.78. The summed E-state index contributed by atoms with van der Waals surface area (Å²) in [5.41, 5.74) is 0.982. The molecule has 2 N–H and O–H groups in total. The Labute approximate surface area is 169 Å². The number of hydrogen-bond acceptors (Lipinski definition) is 6. The van der Waals surface area contributed by atoms with Crippen molar-refractivity contribution in [1.29, 1.82) is 0 Å². The van der Waals surface area contributed by atoms with E-state index in [9.17, 15) is 13.2 Å². The van der Waals surface area contributed by atoms with Crippen molar-refractivity contribution in [1.82, 2.24) is 10.2 Å². The number of amides is 1. The molecule has 0 bridgehead atoms. The fourth-order valence-corrected chi connectivity index (χ4v) is 3.59. The SMILES string of the molecule is CC[C@@H](NC1=NS(=O)(=O)N=C1Nc1cccc(C(=O)N(C)C)c1)c1ccc(C)o1. The molecule has 29 heavy (non-hydrogen) atoms. The summed E-state index contributed by atoms with van der Waals surface area (Å²) in [6, 6.07) is 10.1. The van der Waals surface area contributed by atoms with Crippen LogP contribution in [0.4, 0.5) is 5.69 Å². The van der Waals surface area contributed by atoms with Gasteiger partial charge >= 0.3 is 10.2 Å². The monoisotopic (exact) mass is 417 g/mol. The van der Waals surface area contributed by atoms with Gasteiger partial charge in [-0.05, 0) is 43.7 Å². The number of amidine groups is 2. The van der Waals surface area contributed by atoms with Gasteiger partial charge in [-0.15, -0.1) is 8.80 Å². The van der Waals surface area contributed by atoms with Crippen LogP contribution in [0.15, 0.2) is 49.6 Å². The predicted octanol–water partition coefficient (Wildman–Crippen LogP) is 2.50. The molecule has 2 aromatic rings. The number of carbonyl (C=O) groups is 1. The lowest BCUT2D eigenvalue weighted by molar-refractivity contribution is 0.0827. The molecule has 0 radical (unpaired) electrons. The summed E-state index contributed by atoms with van der Waals surface area (Å²) >= 11 is 0. The van der Waals surface area contributed by atoms with Gasteiger partial charge in [0, 0.05) is 25.3 Å². The maximum absolute atomic E-state index is 12.2. The van der Waals surface area contributed by atoms with Crippen LogP contribution in [0.5, 0.6) is 0 Å². The molecule has 1 amide bonds. The highest BCUT2D eigenvalue weighted by Gasteiger charge is 2.27. The number of furan rings is 1. The minimum absolute atomic E-state index is 0.0566. The van der Waals surface area contributed by atoms with Gasteiger partial charge in [0.1, 0.15) is 11.5 Å². The van der Waals surface area contributed by atoms with Crippen molar-refractivity contribution >= 4 is 33.5 Å². The number of benzene rings is 1. The van der Waals surface area contributed by atoms with Crippen LogP contribution < -0.4 is 10.6 Å². The number of nitrogens with one attached hydrogen (secondary N) is 2. The maximum Gasteiger partial charge on any atom is 0.367 e. The number of hydrogen-bond donors (Lipinski definition) is 2. The van der Waals surface area contributed by atoms with Crippen molar-refractivity contribution in [2.75, 3.05) is 19.4 Å². The van der Waals surface area contributed by atoms with Crippen LogP contribution in [-0.4, -0.2) is 45.0 Å². The van der Waals surface area contributed by atoms with Gasteiger partial charge in [-0.3, -0.25) is 4.79 Å². The molecule has 0 saturated heterocycles. The van der Waals surface area contributed by atoms with Gasteiger partial charge in [-0.1, -0.05) is 13.0 Å². The van der Waals surface area contributed by atoms with E-state index in [-0.39, 0.29) is 23.6 Å². The van der Waals surface area contributed by atoms with E-state index in [1.807, 2.05) is 26.0 Å². The summed E-state index contributed by atoms with van der Waals surface area (Å²) in [5, 5.41) is 6.03. The fourth-order valence-electron chi connectivity index (χ4n) is 2.82. The van der Waals surface area contributed by atoms with Gasteiger partial charge in [0.05, 0.1) is 6.04 Å². The van der Waals surface area contributed by atoms with Gasteiger partial charge in [-0.25, -0.2) is 0 Å². The molecule has 0 saturated carbocycles. The van der Waals surface area contributed by atoms with Gasteiger partial charge in [0.15, 0.2) is 11.7 Å². The van der Waals surface area contributed by atoms with Crippen molar-refractivity contribution in [2.24, 2.45) is 8.80 Å². The van der Waals surface area contributed by atoms with Crippen LogP contribution in [0.3, 0.4) is 0 Å². The number of aryl methyl sites for hydroxylation is 1. The zero-order chi connectivity index (χ0) is 21.2.